The molecule has 0 spiro atoms. The van der Waals surface area contributed by atoms with E-state index in [-0.39, 0.29) is 5.97 Å². The minimum absolute atomic E-state index is 0.234. The summed E-state index contributed by atoms with van der Waals surface area (Å²) in [6.45, 7) is 3.72. The summed E-state index contributed by atoms with van der Waals surface area (Å²) in [6.07, 6.45) is 5.57. The molecule has 17 heavy (non-hydrogen) atoms. The van der Waals surface area contributed by atoms with Crippen molar-refractivity contribution in [1.82, 2.24) is 0 Å². The Morgan fingerprint density at radius 3 is 2.94 bits per heavy atom. The molecule has 2 heteroatoms. The van der Waals surface area contributed by atoms with Crippen LogP contribution in [0, 0.1) is 5.92 Å². The van der Waals surface area contributed by atoms with E-state index in [1.165, 1.54) is 29.2 Å². The molecule has 0 radical (unpaired) electrons. The normalized spacial score (nSPS) is 20.8. The number of carbonyl (C=O) groups is 1. The largest absolute Gasteiger partial charge is 0.426 e. The first-order valence-corrected chi connectivity index (χ1v) is 6.19. The molecular weight excluding hydrogens is 212 g/mol. The number of hydrogen-bond donors (Lipinski definition) is 0. The molecule has 1 aromatic carbocycles. The lowest BCUT2D eigenvalue weighted by molar-refractivity contribution is -0.131. The minimum Gasteiger partial charge on any atom is -0.426 e. The molecule has 0 N–H and O–H groups in total. The lowest BCUT2D eigenvalue weighted by Crippen LogP contribution is -2.08. The monoisotopic (exact) mass is 228 g/mol. The van der Waals surface area contributed by atoms with Crippen LogP contribution in [0.15, 0.2) is 18.2 Å². The first kappa shape index (κ1) is 10.6. The van der Waals surface area contributed by atoms with Gasteiger partial charge >= 0.3 is 5.97 Å². The lowest BCUT2D eigenvalue weighted by atomic mass is 9.86. The van der Waals surface area contributed by atoms with Gasteiger partial charge in [-0.1, -0.05) is 19.1 Å². The highest BCUT2D eigenvalue weighted by Gasteiger charge is 2.27. The van der Waals surface area contributed by atoms with E-state index in [9.17, 15) is 4.79 Å². The summed E-state index contributed by atoms with van der Waals surface area (Å²) in [4.78, 5) is 11.1. The molecule has 2 aliphatic carbocycles. The van der Waals surface area contributed by atoms with Crippen molar-refractivity contribution in [2.45, 2.75) is 33.1 Å². The Hall–Kier alpha value is -1.57. The molecule has 0 aliphatic heterocycles. The van der Waals surface area contributed by atoms with E-state index in [2.05, 4.69) is 19.1 Å². The zero-order valence-corrected chi connectivity index (χ0v) is 10.2. The van der Waals surface area contributed by atoms with Crippen LogP contribution in [-0.4, -0.2) is 5.97 Å². The number of ether oxygens (including phenoxy) is 1. The Kier molecular flexibility index (Phi) is 2.32. The van der Waals surface area contributed by atoms with Gasteiger partial charge in [0.05, 0.1) is 0 Å². The van der Waals surface area contributed by atoms with Gasteiger partial charge in [0.1, 0.15) is 5.75 Å². The van der Waals surface area contributed by atoms with Crippen LogP contribution in [0.3, 0.4) is 0 Å². The Balaban J connectivity index is 2.12. The highest BCUT2D eigenvalue weighted by molar-refractivity contribution is 5.80. The van der Waals surface area contributed by atoms with Crippen LogP contribution in [0.2, 0.25) is 0 Å². The third-order valence-corrected chi connectivity index (χ3v) is 3.60. The van der Waals surface area contributed by atoms with E-state index < -0.39 is 0 Å². The fourth-order valence-corrected chi connectivity index (χ4v) is 3.05. The number of carbonyl (C=O) groups excluding carboxylic acids is 1. The van der Waals surface area contributed by atoms with Crippen LogP contribution in [0.5, 0.6) is 5.75 Å². The Morgan fingerprint density at radius 1 is 1.35 bits per heavy atom. The van der Waals surface area contributed by atoms with E-state index in [1.54, 1.807) is 0 Å². The van der Waals surface area contributed by atoms with E-state index in [0.29, 0.717) is 5.92 Å². The number of rotatable bonds is 1. The molecule has 1 atom stereocenters. The van der Waals surface area contributed by atoms with Crippen LogP contribution in [0.1, 0.15) is 37.0 Å². The maximum Gasteiger partial charge on any atom is 0.308 e. The van der Waals surface area contributed by atoms with Crippen molar-refractivity contribution in [2.75, 3.05) is 0 Å². The van der Waals surface area contributed by atoms with Crippen LogP contribution in [-0.2, 0) is 17.6 Å². The Bertz CT molecular complexity index is 526. The third-order valence-electron chi connectivity index (χ3n) is 3.60. The van der Waals surface area contributed by atoms with Gasteiger partial charge in [0.2, 0.25) is 0 Å². The van der Waals surface area contributed by atoms with Gasteiger partial charge in [-0.3, -0.25) is 4.79 Å². The minimum atomic E-state index is -0.234. The molecule has 0 heterocycles. The van der Waals surface area contributed by atoms with Crippen LogP contribution >= 0.6 is 0 Å². The Labute approximate surface area is 101 Å². The van der Waals surface area contributed by atoms with Crippen molar-refractivity contribution in [3.8, 4) is 5.75 Å². The van der Waals surface area contributed by atoms with Crippen LogP contribution in [0.25, 0.3) is 5.57 Å². The van der Waals surface area contributed by atoms with Crippen LogP contribution in [0.4, 0.5) is 0 Å². The van der Waals surface area contributed by atoms with Crippen molar-refractivity contribution in [1.29, 1.82) is 0 Å². The molecule has 3 rings (SSSR count). The maximum atomic E-state index is 11.1. The van der Waals surface area contributed by atoms with Crippen molar-refractivity contribution in [3.63, 3.8) is 0 Å². The SMILES string of the molecule is CC(=O)Oc1ccc2c3c1CCC3=CC(C)C2. The molecule has 0 aromatic heterocycles. The summed E-state index contributed by atoms with van der Waals surface area (Å²) in [5, 5.41) is 0. The predicted octanol–water partition coefficient (Wildman–Crippen LogP) is 3.13. The quantitative estimate of drug-likeness (QED) is 0.545. The van der Waals surface area contributed by atoms with Crippen molar-refractivity contribution in [2.24, 2.45) is 5.92 Å². The zero-order chi connectivity index (χ0) is 12.0. The van der Waals surface area contributed by atoms with Crippen molar-refractivity contribution >= 4 is 11.5 Å². The van der Waals surface area contributed by atoms with E-state index in [4.69, 9.17) is 4.74 Å². The van der Waals surface area contributed by atoms with Gasteiger partial charge in [-0.25, -0.2) is 0 Å². The van der Waals surface area contributed by atoms with Crippen LogP contribution < -0.4 is 4.74 Å². The molecular formula is C15H16O2. The van der Waals surface area contributed by atoms with Gasteiger partial charge in [0, 0.05) is 12.5 Å². The molecule has 1 unspecified atom stereocenters. The topological polar surface area (TPSA) is 26.3 Å². The lowest BCUT2D eigenvalue weighted by Gasteiger charge is -2.20. The average molecular weight is 228 g/mol. The Morgan fingerprint density at radius 2 is 2.18 bits per heavy atom. The highest BCUT2D eigenvalue weighted by atomic mass is 16.5. The summed E-state index contributed by atoms with van der Waals surface area (Å²) in [5.74, 6) is 1.15. The van der Waals surface area contributed by atoms with Gasteiger partial charge < -0.3 is 4.74 Å². The summed E-state index contributed by atoms with van der Waals surface area (Å²) in [7, 11) is 0. The molecule has 0 saturated heterocycles. The summed E-state index contributed by atoms with van der Waals surface area (Å²) in [6, 6.07) is 4.07. The number of esters is 1. The third kappa shape index (κ3) is 1.68. The number of benzene rings is 1. The number of hydrogen-bond acceptors (Lipinski definition) is 2. The number of allylic oxidation sites excluding steroid dienone is 2. The van der Waals surface area contributed by atoms with Crippen molar-refractivity contribution in [3.05, 3.63) is 34.9 Å². The van der Waals surface area contributed by atoms with Crippen molar-refractivity contribution < 1.29 is 9.53 Å². The standard InChI is InChI=1S/C15H16O2/c1-9-7-11-3-5-13-14(17-10(2)16)6-4-12(8-9)15(11)13/h4,6-7,9H,3,5,8H2,1-2H3. The first-order valence-electron chi connectivity index (χ1n) is 6.19. The van der Waals surface area contributed by atoms with Gasteiger partial charge in [-0.05, 0) is 47.9 Å². The van der Waals surface area contributed by atoms with E-state index in [1.807, 2.05) is 6.07 Å². The van der Waals surface area contributed by atoms with Gasteiger partial charge in [-0.15, -0.1) is 0 Å². The van der Waals surface area contributed by atoms with E-state index in [0.717, 1.165) is 25.0 Å². The predicted molar refractivity (Wildman–Crippen MR) is 66.9 cm³/mol. The second-order valence-electron chi connectivity index (χ2n) is 5.04. The fourth-order valence-electron chi connectivity index (χ4n) is 3.05. The molecule has 1 aromatic rings. The molecule has 0 bridgehead atoms. The summed E-state index contributed by atoms with van der Waals surface area (Å²) < 4.78 is 5.29. The summed E-state index contributed by atoms with van der Waals surface area (Å²) >= 11 is 0. The van der Waals surface area contributed by atoms with Gasteiger partial charge in [0.25, 0.3) is 0 Å². The average Bonchev–Trinajstić information content (AvgIpc) is 2.66. The highest BCUT2D eigenvalue weighted by Crippen LogP contribution is 2.43. The maximum absolute atomic E-state index is 11.1. The second-order valence-corrected chi connectivity index (χ2v) is 5.04. The van der Waals surface area contributed by atoms with Gasteiger partial charge in [0.15, 0.2) is 0 Å². The smallest absolute Gasteiger partial charge is 0.308 e. The summed E-state index contributed by atoms with van der Waals surface area (Å²) in [5.41, 5.74) is 5.46. The fraction of sp³-hybridized carbons (Fsp3) is 0.400. The molecule has 0 saturated carbocycles. The molecule has 0 fully saturated rings. The second kappa shape index (κ2) is 3.73. The molecule has 0 amide bonds. The van der Waals surface area contributed by atoms with Gasteiger partial charge in [-0.2, -0.15) is 0 Å². The molecule has 2 aliphatic rings. The zero-order valence-electron chi connectivity index (χ0n) is 10.2. The first-order chi connectivity index (χ1) is 8.15. The molecule has 2 nitrogen and oxygen atoms in total. The van der Waals surface area contributed by atoms with E-state index >= 15 is 0 Å². The molecule has 88 valence electrons.